The first-order valence-electron chi connectivity index (χ1n) is 6.33. The summed E-state index contributed by atoms with van der Waals surface area (Å²) >= 11 is 1.58. The van der Waals surface area contributed by atoms with Crippen LogP contribution in [0.3, 0.4) is 0 Å². The molecule has 0 aliphatic rings. The third-order valence-corrected chi connectivity index (χ3v) is 3.74. The molecule has 0 saturated carbocycles. The zero-order valence-corrected chi connectivity index (χ0v) is 12.8. The molecule has 1 N–H and O–H groups in total. The number of carbonyl (C=O) groups is 1. The van der Waals surface area contributed by atoms with Gasteiger partial charge in [-0.2, -0.15) is 0 Å². The Morgan fingerprint density at radius 3 is 2.45 bits per heavy atom. The highest BCUT2D eigenvalue weighted by Crippen LogP contribution is 2.29. The third kappa shape index (κ3) is 3.56. The number of nitro benzene ring substituents is 1. The predicted octanol–water partition coefficient (Wildman–Crippen LogP) is 3.58. The van der Waals surface area contributed by atoms with Gasteiger partial charge in [-0.25, -0.2) is 0 Å². The van der Waals surface area contributed by atoms with Crippen LogP contribution in [0.15, 0.2) is 47.4 Å². The Balaban J connectivity index is 2.26. The van der Waals surface area contributed by atoms with E-state index in [9.17, 15) is 14.9 Å². The molecule has 0 aliphatic carbocycles. The first-order chi connectivity index (χ1) is 10.5. The Morgan fingerprint density at radius 1 is 1.23 bits per heavy atom. The second kappa shape index (κ2) is 6.95. The number of non-ortho nitro benzene ring substituents is 1. The van der Waals surface area contributed by atoms with Gasteiger partial charge in [-0.3, -0.25) is 14.9 Å². The lowest BCUT2D eigenvalue weighted by atomic mass is 10.2. The van der Waals surface area contributed by atoms with Crippen molar-refractivity contribution in [2.45, 2.75) is 4.90 Å². The van der Waals surface area contributed by atoms with Crippen LogP contribution in [0.4, 0.5) is 11.4 Å². The molecule has 0 aromatic heterocycles. The maximum atomic E-state index is 12.2. The van der Waals surface area contributed by atoms with Gasteiger partial charge in [0.1, 0.15) is 5.75 Å². The largest absolute Gasteiger partial charge is 0.495 e. The number of nitrogens with zero attached hydrogens (tertiary/aromatic N) is 1. The van der Waals surface area contributed by atoms with E-state index in [2.05, 4.69) is 5.32 Å². The van der Waals surface area contributed by atoms with E-state index >= 15 is 0 Å². The summed E-state index contributed by atoms with van der Waals surface area (Å²) in [5.74, 6) is 0.00568. The molecule has 1 amide bonds. The monoisotopic (exact) mass is 318 g/mol. The summed E-state index contributed by atoms with van der Waals surface area (Å²) in [5.41, 5.74) is 0.607. The van der Waals surface area contributed by atoms with E-state index in [1.54, 1.807) is 23.9 Å². The second-order valence-corrected chi connectivity index (χ2v) is 5.20. The van der Waals surface area contributed by atoms with Crippen LogP contribution < -0.4 is 10.1 Å². The number of thioether (sulfide) groups is 1. The summed E-state index contributed by atoms with van der Waals surface area (Å²) in [7, 11) is 1.43. The lowest BCUT2D eigenvalue weighted by Gasteiger charge is -2.10. The molecule has 22 heavy (non-hydrogen) atoms. The van der Waals surface area contributed by atoms with Gasteiger partial charge >= 0.3 is 0 Å². The number of ether oxygens (including phenoxy) is 1. The van der Waals surface area contributed by atoms with Crippen LogP contribution >= 0.6 is 11.8 Å². The fourth-order valence-corrected chi connectivity index (χ4v) is 2.25. The third-order valence-electron chi connectivity index (χ3n) is 2.99. The predicted molar refractivity (Wildman–Crippen MR) is 85.8 cm³/mol. The zero-order valence-electron chi connectivity index (χ0n) is 12.0. The van der Waals surface area contributed by atoms with Crippen molar-refractivity contribution in [2.75, 3.05) is 18.7 Å². The van der Waals surface area contributed by atoms with E-state index < -0.39 is 4.92 Å². The van der Waals surface area contributed by atoms with Crippen molar-refractivity contribution >= 4 is 29.0 Å². The van der Waals surface area contributed by atoms with Crippen molar-refractivity contribution in [3.63, 3.8) is 0 Å². The number of carbonyl (C=O) groups excluding carboxylic acids is 1. The van der Waals surface area contributed by atoms with Gasteiger partial charge in [0, 0.05) is 22.6 Å². The van der Waals surface area contributed by atoms with Crippen molar-refractivity contribution in [3.05, 3.63) is 58.1 Å². The summed E-state index contributed by atoms with van der Waals surface area (Å²) < 4.78 is 5.11. The lowest BCUT2D eigenvalue weighted by Crippen LogP contribution is -2.12. The summed E-state index contributed by atoms with van der Waals surface area (Å²) in [4.78, 5) is 23.6. The van der Waals surface area contributed by atoms with Crippen molar-refractivity contribution < 1.29 is 14.5 Å². The summed E-state index contributed by atoms with van der Waals surface area (Å²) in [5, 5.41) is 13.5. The minimum Gasteiger partial charge on any atom is -0.495 e. The number of rotatable bonds is 5. The van der Waals surface area contributed by atoms with Gasteiger partial charge in [0.15, 0.2) is 0 Å². The van der Waals surface area contributed by atoms with Crippen LogP contribution in [0, 0.1) is 10.1 Å². The number of benzene rings is 2. The summed E-state index contributed by atoms with van der Waals surface area (Å²) in [6.45, 7) is 0. The maximum absolute atomic E-state index is 12.2. The van der Waals surface area contributed by atoms with E-state index in [-0.39, 0.29) is 17.3 Å². The molecule has 2 aromatic rings. The Kier molecular flexibility index (Phi) is 5.00. The van der Waals surface area contributed by atoms with Gasteiger partial charge in [-0.1, -0.05) is 0 Å². The van der Waals surface area contributed by atoms with Crippen LogP contribution in [0.2, 0.25) is 0 Å². The molecule has 0 atom stereocenters. The Hall–Kier alpha value is -2.54. The number of methoxy groups -OCH3 is 1. The number of hydrogen-bond acceptors (Lipinski definition) is 5. The quantitative estimate of drug-likeness (QED) is 0.518. The molecule has 114 valence electrons. The van der Waals surface area contributed by atoms with Crippen LogP contribution in [-0.2, 0) is 0 Å². The summed E-state index contributed by atoms with van der Waals surface area (Å²) in [6.07, 6.45) is 1.95. The average molecular weight is 318 g/mol. The van der Waals surface area contributed by atoms with E-state index in [0.29, 0.717) is 11.3 Å². The minimum absolute atomic E-state index is 0.117. The van der Waals surface area contributed by atoms with E-state index in [4.69, 9.17) is 4.74 Å². The van der Waals surface area contributed by atoms with Crippen molar-refractivity contribution in [3.8, 4) is 5.75 Å². The molecule has 2 rings (SSSR count). The molecule has 0 fully saturated rings. The van der Waals surface area contributed by atoms with Crippen LogP contribution in [0.5, 0.6) is 5.75 Å². The fourth-order valence-electron chi connectivity index (χ4n) is 1.84. The van der Waals surface area contributed by atoms with Crippen LogP contribution in [0.25, 0.3) is 0 Å². The molecule has 0 spiro atoms. The smallest absolute Gasteiger partial charge is 0.271 e. The first-order valence-corrected chi connectivity index (χ1v) is 7.55. The molecule has 0 radical (unpaired) electrons. The highest BCUT2D eigenvalue weighted by Gasteiger charge is 2.14. The molecule has 0 unspecified atom stereocenters. The molecule has 7 heteroatoms. The summed E-state index contributed by atoms with van der Waals surface area (Å²) in [6, 6.07) is 11.1. The van der Waals surface area contributed by atoms with Crippen molar-refractivity contribution in [1.82, 2.24) is 0 Å². The molecule has 0 bridgehead atoms. The highest BCUT2D eigenvalue weighted by molar-refractivity contribution is 7.98. The molecule has 0 heterocycles. The maximum Gasteiger partial charge on any atom is 0.271 e. The first kappa shape index (κ1) is 15.8. The van der Waals surface area contributed by atoms with E-state index in [0.717, 1.165) is 4.90 Å². The number of amides is 1. The van der Waals surface area contributed by atoms with Gasteiger partial charge in [0.2, 0.25) is 0 Å². The topological polar surface area (TPSA) is 81.5 Å². The molecular weight excluding hydrogens is 304 g/mol. The van der Waals surface area contributed by atoms with Gasteiger partial charge in [-0.05, 0) is 36.6 Å². The normalized spacial score (nSPS) is 10.1. The lowest BCUT2D eigenvalue weighted by molar-refractivity contribution is -0.384. The highest BCUT2D eigenvalue weighted by atomic mass is 32.2. The van der Waals surface area contributed by atoms with Crippen molar-refractivity contribution in [1.29, 1.82) is 0 Å². The Labute approximate surface area is 131 Å². The molecule has 0 saturated heterocycles. The van der Waals surface area contributed by atoms with Crippen LogP contribution in [-0.4, -0.2) is 24.2 Å². The number of anilines is 1. The van der Waals surface area contributed by atoms with Crippen molar-refractivity contribution in [2.24, 2.45) is 0 Å². The number of nitro groups is 1. The van der Waals surface area contributed by atoms with Gasteiger partial charge in [0.05, 0.1) is 17.7 Å². The molecule has 2 aromatic carbocycles. The standard InChI is InChI=1S/C15H14N2O4S/c1-21-14-8-5-11(17(19)20)9-13(14)16-15(18)10-3-6-12(22-2)7-4-10/h3-9H,1-2H3,(H,16,18). The second-order valence-electron chi connectivity index (χ2n) is 4.32. The minimum atomic E-state index is -0.525. The number of hydrogen-bond donors (Lipinski definition) is 1. The number of nitrogens with one attached hydrogen (secondary N) is 1. The van der Waals surface area contributed by atoms with Gasteiger partial charge < -0.3 is 10.1 Å². The average Bonchev–Trinajstić information content (AvgIpc) is 2.54. The van der Waals surface area contributed by atoms with Gasteiger partial charge in [-0.15, -0.1) is 11.8 Å². The Morgan fingerprint density at radius 2 is 1.91 bits per heavy atom. The fraction of sp³-hybridized carbons (Fsp3) is 0.133. The van der Waals surface area contributed by atoms with Gasteiger partial charge in [0.25, 0.3) is 11.6 Å². The van der Waals surface area contributed by atoms with Crippen LogP contribution in [0.1, 0.15) is 10.4 Å². The SMILES string of the molecule is COc1ccc([N+](=O)[O-])cc1NC(=O)c1ccc(SC)cc1. The molecule has 6 nitrogen and oxygen atoms in total. The molecular formula is C15H14N2O4S. The van der Waals surface area contributed by atoms with E-state index in [1.807, 2.05) is 18.4 Å². The zero-order chi connectivity index (χ0) is 16.1. The van der Waals surface area contributed by atoms with E-state index in [1.165, 1.54) is 25.3 Å². The molecule has 0 aliphatic heterocycles. The Bertz CT molecular complexity index is 701.